The van der Waals surface area contributed by atoms with E-state index in [2.05, 4.69) is 0 Å². The number of aliphatic hydroxyl groups excluding tert-OH is 1. The molecule has 0 bridgehead atoms. The number of aliphatic hydroxyl groups is 1. The lowest BCUT2D eigenvalue weighted by Gasteiger charge is -2.14. The lowest BCUT2D eigenvalue weighted by Crippen LogP contribution is -2.33. The van der Waals surface area contributed by atoms with Crippen LogP contribution in [0, 0.1) is 0 Å². The summed E-state index contributed by atoms with van der Waals surface area (Å²) in [5.41, 5.74) is 0. The predicted octanol–water partition coefficient (Wildman–Crippen LogP) is 1.47. The molecule has 0 amide bonds. The minimum Gasteiger partial charge on any atom is -0.508 e. The minimum atomic E-state index is -3.97. The molecule has 108 valence electrons. The van der Waals surface area contributed by atoms with Gasteiger partial charge in [-0.15, -0.1) is 0 Å². The van der Waals surface area contributed by atoms with Gasteiger partial charge in [0.25, 0.3) is 10.0 Å². The van der Waals surface area contributed by atoms with Crippen LogP contribution in [0.5, 0.6) is 5.75 Å². The number of allylic oxidation sites excluding steroid dienone is 2. The van der Waals surface area contributed by atoms with Crippen molar-refractivity contribution in [1.29, 1.82) is 0 Å². The number of hydrogen-bond donors (Lipinski definition) is 2. The van der Waals surface area contributed by atoms with Crippen molar-refractivity contribution in [3.8, 4) is 5.75 Å². The van der Waals surface area contributed by atoms with Crippen LogP contribution in [0.2, 0.25) is 0 Å². The first kappa shape index (κ1) is 13.4. The van der Waals surface area contributed by atoms with Crippen LogP contribution in [0.25, 0.3) is 10.8 Å². The molecule has 1 aromatic heterocycles. The molecular weight excluding hydrogens is 294 g/mol. The summed E-state index contributed by atoms with van der Waals surface area (Å²) in [5, 5.41) is 18.4. The van der Waals surface area contributed by atoms with Gasteiger partial charge >= 0.3 is 0 Å². The third-order valence-corrected chi connectivity index (χ3v) is 5.06. The highest BCUT2D eigenvalue weighted by molar-refractivity contribution is 7.91. The molecule has 1 heterocycles. The summed E-state index contributed by atoms with van der Waals surface area (Å²) >= 11 is 0. The zero-order valence-corrected chi connectivity index (χ0v) is 11.5. The second-order valence-corrected chi connectivity index (χ2v) is 6.66. The molecule has 7 heteroatoms. The van der Waals surface area contributed by atoms with Crippen molar-refractivity contribution in [2.75, 3.05) is 0 Å². The van der Waals surface area contributed by atoms with Gasteiger partial charge in [-0.2, -0.15) is 0 Å². The molecule has 0 fully saturated rings. The number of phenols is 1. The number of carbonyl (C=O) groups is 1. The van der Waals surface area contributed by atoms with Crippen LogP contribution < -0.4 is 0 Å². The van der Waals surface area contributed by atoms with E-state index in [0.717, 1.165) is 16.1 Å². The van der Waals surface area contributed by atoms with E-state index in [9.17, 15) is 23.4 Å². The molecule has 21 heavy (non-hydrogen) atoms. The van der Waals surface area contributed by atoms with Gasteiger partial charge in [0.15, 0.2) is 11.0 Å². The summed E-state index contributed by atoms with van der Waals surface area (Å²) in [6.45, 7) is 0. The Labute approximate surface area is 120 Å². The smallest absolute Gasteiger partial charge is 0.252 e. The second kappa shape index (κ2) is 4.49. The fourth-order valence-electron chi connectivity index (χ4n) is 2.18. The standard InChI is InChI=1S/C14H11NO5S/c16-11-2-1-9-7-15(8-10(9)5-11)21(19,20)14-4-3-12(17)6-13(14)18/h1-8,14,16-17H. The Morgan fingerprint density at radius 1 is 1.10 bits per heavy atom. The normalized spacial score (nSPS) is 19.0. The molecule has 3 rings (SSSR count). The Morgan fingerprint density at radius 2 is 1.81 bits per heavy atom. The van der Waals surface area contributed by atoms with Crippen LogP contribution in [-0.4, -0.2) is 33.6 Å². The molecule has 0 spiro atoms. The van der Waals surface area contributed by atoms with Crippen molar-refractivity contribution in [3.05, 3.63) is 54.6 Å². The zero-order valence-electron chi connectivity index (χ0n) is 10.7. The van der Waals surface area contributed by atoms with Crippen molar-refractivity contribution in [2.24, 2.45) is 0 Å². The van der Waals surface area contributed by atoms with E-state index >= 15 is 0 Å². The van der Waals surface area contributed by atoms with Crippen molar-refractivity contribution in [1.82, 2.24) is 3.97 Å². The predicted molar refractivity (Wildman–Crippen MR) is 76.6 cm³/mol. The van der Waals surface area contributed by atoms with Crippen molar-refractivity contribution < 1.29 is 23.4 Å². The average molecular weight is 305 g/mol. The number of phenolic OH excluding ortho intramolecular Hbond substituents is 1. The van der Waals surface area contributed by atoms with E-state index in [-0.39, 0.29) is 11.5 Å². The molecule has 1 unspecified atom stereocenters. The third kappa shape index (κ3) is 2.21. The first-order chi connectivity index (χ1) is 9.88. The molecule has 1 atom stereocenters. The van der Waals surface area contributed by atoms with Crippen LogP contribution in [-0.2, 0) is 14.8 Å². The highest BCUT2D eigenvalue weighted by Crippen LogP contribution is 2.24. The van der Waals surface area contributed by atoms with E-state index in [0.29, 0.717) is 10.8 Å². The van der Waals surface area contributed by atoms with Crippen LogP contribution in [0.4, 0.5) is 0 Å². The number of ketones is 1. The molecule has 1 aliphatic rings. The van der Waals surface area contributed by atoms with E-state index in [1.54, 1.807) is 6.07 Å². The van der Waals surface area contributed by atoms with Gasteiger partial charge < -0.3 is 10.2 Å². The highest BCUT2D eigenvalue weighted by Gasteiger charge is 2.32. The first-order valence-corrected chi connectivity index (χ1v) is 7.56. The second-order valence-electron chi connectivity index (χ2n) is 4.70. The summed E-state index contributed by atoms with van der Waals surface area (Å²) in [7, 11) is -3.97. The van der Waals surface area contributed by atoms with Crippen LogP contribution in [0.15, 0.2) is 54.6 Å². The molecule has 1 aromatic carbocycles. The Morgan fingerprint density at radius 3 is 2.52 bits per heavy atom. The van der Waals surface area contributed by atoms with Gasteiger partial charge in [0, 0.05) is 29.2 Å². The van der Waals surface area contributed by atoms with Gasteiger partial charge in [-0.3, -0.25) is 8.77 Å². The number of rotatable bonds is 2. The van der Waals surface area contributed by atoms with Gasteiger partial charge in [0.1, 0.15) is 11.5 Å². The minimum absolute atomic E-state index is 0.0270. The van der Waals surface area contributed by atoms with Crippen LogP contribution in [0.1, 0.15) is 0 Å². The Hall–Kier alpha value is -2.54. The number of benzene rings is 1. The maximum Gasteiger partial charge on any atom is 0.252 e. The summed E-state index contributed by atoms with van der Waals surface area (Å²) in [6.07, 6.45) is 5.93. The molecule has 0 aliphatic heterocycles. The number of aromatic hydroxyl groups is 1. The Balaban J connectivity index is 2.09. The molecule has 2 N–H and O–H groups in total. The highest BCUT2D eigenvalue weighted by atomic mass is 32.2. The van der Waals surface area contributed by atoms with Gasteiger partial charge in [0.05, 0.1) is 0 Å². The van der Waals surface area contributed by atoms with Crippen molar-refractivity contribution in [2.45, 2.75) is 5.25 Å². The van der Waals surface area contributed by atoms with E-state index in [1.165, 1.54) is 30.6 Å². The van der Waals surface area contributed by atoms with Gasteiger partial charge in [-0.1, -0.05) is 6.08 Å². The summed E-state index contributed by atoms with van der Waals surface area (Å²) < 4.78 is 25.9. The summed E-state index contributed by atoms with van der Waals surface area (Å²) in [6, 6.07) is 4.47. The zero-order chi connectivity index (χ0) is 15.2. The Bertz CT molecular complexity index is 905. The van der Waals surface area contributed by atoms with Crippen molar-refractivity contribution in [3.63, 3.8) is 0 Å². The van der Waals surface area contributed by atoms with Crippen LogP contribution in [0.3, 0.4) is 0 Å². The monoisotopic (exact) mass is 305 g/mol. The first-order valence-electron chi connectivity index (χ1n) is 6.06. The number of nitrogens with zero attached hydrogens (tertiary/aromatic N) is 1. The number of fused-ring (bicyclic) bond motifs is 1. The number of hydrogen-bond acceptors (Lipinski definition) is 5. The fraction of sp³-hybridized carbons (Fsp3) is 0.0714. The molecule has 0 saturated carbocycles. The van der Waals surface area contributed by atoms with E-state index < -0.39 is 21.1 Å². The summed E-state index contributed by atoms with van der Waals surface area (Å²) in [4.78, 5) is 11.8. The molecule has 0 radical (unpaired) electrons. The summed E-state index contributed by atoms with van der Waals surface area (Å²) in [5.74, 6) is -0.941. The van der Waals surface area contributed by atoms with E-state index in [4.69, 9.17) is 0 Å². The molecule has 6 nitrogen and oxygen atoms in total. The fourth-order valence-corrected chi connectivity index (χ4v) is 3.61. The molecule has 0 saturated heterocycles. The lowest BCUT2D eigenvalue weighted by molar-refractivity contribution is -0.113. The SMILES string of the molecule is O=C1C=C(O)C=CC1S(=O)(=O)n1cc2ccc(O)cc2c1. The van der Waals surface area contributed by atoms with Gasteiger partial charge in [-0.05, 0) is 24.3 Å². The lowest BCUT2D eigenvalue weighted by atomic mass is 10.1. The van der Waals surface area contributed by atoms with E-state index in [1.807, 2.05) is 0 Å². The average Bonchev–Trinajstić information content (AvgIpc) is 2.81. The third-order valence-electron chi connectivity index (χ3n) is 3.23. The maximum absolute atomic E-state index is 12.5. The molecule has 1 aliphatic carbocycles. The Kier molecular flexibility index (Phi) is 2.87. The van der Waals surface area contributed by atoms with Gasteiger partial charge in [-0.25, -0.2) is 8.42 Å². The quantitative estimate of drug-likeness (QED) is 0.876. The van der Waals surface area contributed by atoms with Gasteiger partial charge in [0.2, 0.25) is 0 Å². The number of carbonyl (C=O) groups excluding carboxylic acids is 1. The topological polar surface area (TPSA) is 96.6 Å². The number of aromatic nitrogens is 1. The maximum atomic E-state index is 12.5. The van der Waals surface area contributed by atoms with Crippen LogP contribution >= 0.6 is 0 Å². The molecular formula is C14H11NO5S. The largest absolute Gasteiger partial charge is 0.508 e. The van der Waals surface area contributed by atoms with Crippen molar-refractivity contribution >= 4 is 26.6 Å². The molecule has 2 aromatic rings.